The van der Waals surface area contributed by atoms with Gasteiger partial charge in [-0.2, -0.15) is 0 Å². The molecule has 0 saturated heterocycles. The van der Waals surface area contributed by atoms with Gasteiger partial charge in [-0.05, 0) is 30.6 Å². The fourth-order valence-corrected chi connectivity index (χ4v) is 2.60. The minimum atomic E-state index is 0.413. The molecule has 0 fully saturated rings. The summed E-state index contributed by atoms with van der Waals surface area (Å²) in [5.41, 5.74) is 0.413. The Labute approximate surface area is 89.1 Å². The quantitative estimate of drug-likeness (QED) is 0.520. The minimum Gasteiger partial charge on any atom is -0.126 e. The zero-order valence-electron chi connectivity index (χ0n) is 9.70. The summed E-state index contributed by atoms with van der Waals surface area (Å²) < 4.78 is 0. The molecule has 0 saturated carbocycles. The van der Waals surface area contributed by atoms with Crippen molar-refractivity contribution < 1.29 is 0 Å². The lowest BCUT2D eigenvalue weighted by atomic mass is 9.76. The van der Waals surface area contributed by atoms with Gasteiger partial charge in [0.25, 0.3) is 0 Å². The summed E-state index contributed by atoms with van der Waals surface area (Å²) in [7, 11) is 0. The Kier molecular flexibility index (Phi) is 6.85. The molecule has 13 heavy (non-hydrogen) atoms. The number of alkyl halides is 1. The van der Waals surface area contributed by atoms with Crippen molar-refractivity contribution >= 4 is 11.6 Å². The third kappa shape index (κ3) is 4.35. The lowest BCUT2D eigenvalue weighted by Crippen LogP contribution is -2.24. The van der Waals surface area contributed by atoms with E-state index in [1.54, 1.807) is 0 Å². The molecule has 0 aromatic heterocycles. The van der Waals surface area contributed by atoms with Gasteiger partial charge in [-0.3, -0.25) is 0 Å². The molecule has 0 radical (unpaired) electrons. The summed E-state index contributed by atoms with van der Waals surface area (Å²) in [5, 5.41) is 0. The maximum atomic E-state index is 6.07. The van der Waals surface area contributed by atoms with Crippen LogP contribution in [0, 0.1) is 11.3 Å². The van der Waals surface area contributed by atoms with Gasteiger partial charge in [0.1, 0.15) is 0 Å². The summed E-state index contributed by atoms with van der Waals surface area (Å²) in [6.45, 7) is 9.15. The van der Waals surface area contributed by atoms with Crippen LogP contribution < -0.4 is 0 Å². The second-order valence-corrected chi connectivity index (χ2v) is 4.71. The first kappa shape index (κ1) is 13.3. The van der Waals surface area contributed by atoms with Gasteiger partial charge in [0.15, 0.2) is 0 Å². The molecule has 0 aliphatic heterocycles. The normalized spacial score (nSPS) is 14.5. The lowest BCUT2D eigenvalue weighted by Gasteiger charge is -2.32. The molecule has 0 nitrogen and oxygen atoms in total. The molecule has 0 aromatic rings. The summed E-state index contributed by atoms with van der Waals surface area (Å²) in [4.78, 5) is 0. The Balaban J connectivity index is 4.07. The Morgan fingerprint density at radius 1 is 1.15 bits per heavy atom. The first-order chi connectivity index (χ1) is 6.14. The molecule has 0 aliphatic rings. The first-order valence-electron chi connectivity index (χ1n) is 5.70. The van der Waals surface area contributed by atoms with E-state index in [9.17, 15) is 0 Å². The maximum absolute atomic E-state index is 6.07. The molecule has 0 aliphatic carbocycles. The average Bonchev–Trinajstić information content (AvgIpc) is 2.15. The Morgan fingerprint density at radius 3 is 2.00 bits per heavy atom. The van der Waals surface area contributed by atoms with Crippen LogP contribution in [0.25, 0.3) is 0 Å². The van der Waals surface area contributed by atoms with Crippen LogP contribution in [0.4, 0.5) is 0 Å². The molecule has 0 spiro atoms. The standard InChI is InChI=1S/C12H25Cl/c1-5-8-11(4)9-12(6-2,7-3)10-13/h11H,5-10H2,1-4H3. The van der Waals surface area contributed by atoms with Crippen molar-refractivity contribution in [2.75, 3.05) is 5.88 Å². The number of hydrogen-bond donors (Lipinski definition) is 0. The predicted molar refractivity (Wildman–Crippen MR) is 62.4 cm³/mol. The van der Waals surface area contributed by atoms with Crippen LogP contribution in [0.1, 0.15) is 59.8 Å². The zero-order valence-corrected chi connectivity index (χ0v) is 10.5. The van der Waals surface area contributed by atoms with Gasteiger partial charge < -0.3 is 0 Å². The summed E-state index contributed by atoms with van der Waals surface area (Å²) >= 11 is 6.07. The second kappa shape index (κ2) is 6.70. The fourth-order valence-electron chi connectivity index (χ4n) is 2.12. The van der Waals surface area contributed by atoms with Crippen molar-refractivity contribution in [2.45, 2.75) is 59.8 Å². The third-order valence-corrected chi connectivity index (χ3v) is 3.91. The highest BCUT2D eigenvalue weighted by Crippen LogP contribution is 2.36. The molecule has 0 bridgehead atoms. The molecule has 0 N–H and O–H groups in total. The van der Waals surface area contributed by atoms with Gasteiger partial charge in [0, 0.05) is 5.88 Å². The van der Waals surface area contributed by atoms with Gasteiger partial charge in [-0.25, -0.2) is 0 Å². The Morgan fingerprint density at radius 2 is 1.69 bits per heavy atom. The van der Waals surface area contributed by atoms with Crippen molar-refractivity contribution in [1.82, 2.24) is 0 Å². The minimum absolute atomic E-state index is 0.413. The van der Waals surface area contributed by atoms with Crippen molar-refractivity contribution in [1.29, 1.82) is 0 Å². The van der Waals surface area contributed by atoms with E-state index >= 15 is 0 Å². The van der Waals surface area contributed by atoms with Crippen LogP contribution in [0.15, 0.2) is 0 Å². The van der Waals surface area contributed by atoms with Crippen molar-refractivity contribution in [3.8, 4) is 0 Å². The topological polar surface area (TPSA) is 0 Å². The molecular formula is C12H25Cl. The predicted octanol–water partition coefficient (Wildman–Crippen LogP) is 4.86. The lowest BCUT2D eigenvalue weighted by molar-refractivity contribution is 0.226. The van der Waals surface area contributed by atoms with Crippen LogP contribution in [-0.4, -0.2) is 5.88 Å². The SMILES string of the molecule is CCCC(C)CC(CC)(CC)CCl. The van der Waals surface area contributed by atoms with Gasteiger partial charge >= 0.3 is 0 Å². The largest absolute Gasteiger partial charge is 0.126 e. The maximum Gasteiger partial charge on any atom is 0.0279 e. The number of hydrogen-bond acceptors (Lipinski definition) is 0. The second-order valence-electron chi connectivity index (χ2n) is 4.44. The molecule has 80 valence electrons. The molecule has 0 amide bonds. The number of halogens is 1. The van der Waals surface area contributed by atoms with Crippen LogP contribution in [0.5, 0.6) is 0 Å². The van der Waals surface area contributed by atoms with E-state index in [0.717, 1.165) is 11.8 Å². The monoisotopic (exact) mass is 204 g/mol. The van der Waals surface area contributed by atoms with E-state index in [0.29, 0.717) is 5.41 Å². The van der Waals surface area contributed by atoms with E-state index in [4.69, 9.17) is 11.6 Å². The molecule has 1 unspecified atom stereocenters. The molecule has 0 aromatic carbocycles. The fraction of sp³-hybridized carbons (Fsp3) is 1.00. The molecular weight excluding hydrogens is 180 g/mol. The van der Waals surface area contributed by atoms with Crippen LogP contribution in [0.3, 0.4) is 0 Å². The highest BCUT2D eigenvalue weighted by molar-refractivity contribution is 6.18. The summed E-state index contributed by atoms with van der Waals surface area (Å²) in [6.07, 6.45) is 6.39. The molecule has 0 rings (SSSR count). The van der Waals surface area contributed by atoms with Crippen molar-refractivity contribution in [2.24, 2.45) is 11.3 Å². The number of rotatable bonds is 7. The van der Waals surface area contributed by atoms with E-state index in [2.05, 4.69) is 27.7 Å². The van der Waals surface area contributed by atoms with E-state index in [1.165, 1.54) is 32.1 Å². The van der Waals surface area contributed by atoms with Crippen LogP contribution in [-0.2, 0) is 0 Å². The first-order valence-corrected chi connectivity index (χ1v) is 6.23. The smallest absolute Gasteiger partial charge is 0.0279 e. The van der Waals surface area contributed by atoms with E-state index in [-0.39, 0.29) is 0 Å². The Hall–Kier alpha value is 0.290. The van der Waals surface area contributed by atoms with Crippen molar-refractivity contribution in [3.63, 3.8) is 0 Å². The van der Waals surface area contributed by atoms with Gasteiger partial charge in [-0.15, -0.1) is 11.6 Å². The van der Waals surface area contributed by atoms with E-state index < -0.39 is 0 Å². The summed E-state index contributed by atoms with van der Waals surface area (Å²) in [6, 6.07) is 0. The summed E-state index contributed by atoms with van der Waals surface area (Å²) in [5.74, 6) is 1.66. The van der Waals surface area contributed by atoms with E-state index in [1.807, 2.05) is 0 Å². The van der Waals surface area contributed by atoms with Crippen molar-refractivity contribution in [3.05, 3.63) is 0 Å². The molecule has 1 atom stereocenters. The van der Waals surface area contributed by atoms with Crippen LogP contribution >= 0.6 is 11.6 Å². The van der Waals surface area contributed by atoms with Gasteiger partial charge in [-0.1, -0.05) is 40.5 Å². The highest BCUT2D eigenvalue weighted by atomic mass is 35.5. The molecule has 1 heteroatoms. The van der Waals surface area contributed by atoms with Crippen LogP contribution in [0.2, 0.25) is 0 Å². The zero-order chi connectivity index (χ0) is 10.3. The van der Waals surface area contributed by atoms with Gasteiger partial charge in [0.05, 0.1) is 0 Å². The third-order valence-electron chi connectivity index (χ3n) is 3.35. The van der Waals surface area contributed by atoms with Gasteiger partial charge in [0.2, 0.25) is 0 Å². The molecule has 0 heterocycles. The Bertz CT molecular complexity index is 108. The average molecular weight is 205 g/mol. The highest BCUT2D eigenvalue weighted by Gasteiger charge is 2.26.